The molecule has 0 aromatic carbocycles. The number of hydrogen-bond donors (Lipinski definition) is 8. The minimum Gasteiger partial charge on any atom is -0.460 e. The van der Waals surface area contributed by atoms with E-state index in [2.05, 4.69) is 23.8 Å². The molecule has 44 heavy (non-hydrogen) atoms. The summed E-state index contributed by atoms with van der Waals surface area (Å²) in [5.74, 6) is -1.86. The summed E-state index contributed by atoms with van der Waals surface area (Å²) in [6.07, 6.45) is -5.56. The molecule has 2 aromatic heterocycles. The van der Waals surface area contributed by atoms with Crippen molar-refractivity contribution in [2.75, 3.05) is 18.9 Å². The summed E-state index contributed by atoms with van der Waals surface area (Å²) in [5.41, 5.74) is 11.3. The van der Waals surface area contributed by atoms with Gasteiger partial charge in [0.25, 0.3) is 5.91 Å². The van der Waals surface area contributed by atoms with Crippen LogP contribution in [0.3, 0.4) is 0 Å². The molecule has 2 saturated heterocycles. The van der Waals surface area contributed by atoms with Crippen LogP contribution in [0.5, 0.6) is 0 Å². The number of aliphatic hydroxyl groups is 4. The molecule has 23 heteroatoms. The summed E-state index contributed by atoms with van der Waals surface area (Å²) in [5, 5.41) is 41.6. The minimum atomic E-state index is -5.37. The van der Waals surface area contributed by atoms with E-state index in [1.54, 1.807) is 0 Å². The molecule has 10 N–H and O–H groups in total. The number of imidazole rings is 1. The van der Waals surface area contributed by atoms with Gasteiger partial charge >= 0.3 is 15.6 Å². The van der Waals surface area contributed by atoms with E-state index in [9.17, 15) is 44.1 Å². The number of ether oxygens (including phenoxy) is 3. The molecule has 1 amide bonds. The lowest BCUT2D eigenvalue weighted by molar-refractivity contribution is -0.117. The number of anilines is 1. The molecule has 0 aliphatic carbocycles. The molecule has 3 aliphatic heterocycles. The number of fused-ring (bicyclic) bond motifs is 1. The number of nitrogen functional groups attached to an aromatic ring is 1. The highest BCUT2D eigenvalue weighted by atomic mass is 31.3. The second-order valence-corrected chi connectivity index (χ2v) is 12.8. The first-order valence-corrected chi connectivity index (χ1v) is 15.6. The first-order valence-electron chi connectivity index (χ1n) is 12.6. The second-order valence-electron chi connectivity index (χ2n) is 9.78. The van der Waals surface area contributed by atoms with E-state index < -0.39 is 89.6 Å². The van der Waals surface area contributed by atoms with E-state index in [0.29, 0.717) is 0 Å². The molecule has 3 unspecified atom stereocenters. The molecule has 0 bridgehead atoms. The second kappa shape index (κ2) is 12.5. The van der Waals surface area contributed by atoms with Gasteiger partial charge in [0, 0.05) is 5.92 Å². The SMILES string of the molecule is NC(=O)C1=CC([C@H]2O[C@@H](COP(=O)(O)OP(=O)(O)OC[C@H]3O[C@@H](n4cnc5c(N)ncnc54)[C@H](O)[C@@H]3O)[C@H](O)[C@@H]2O)C=CO1. The maximum Gasteiger partial charge on any atom is 0.481 e. The van der Waals surface area contributed by atoms with Crippen LogP contribution in [0, 0.1) is 5.92 Å². The van der Waals surface area contributed by atoms with Crippen LogP contribution >= 0.6 is 15.6 Å². The van der Waals surface area contributed by atoms with E-state index in [0.717, 1.165) is 12.6 Å². The highest BCUT2D eigenvalue weighted by Crippen LogP contribution is 2.60. The van der Waals surface area contributed by atoms with Crippen molar-refractivity contribution in [1.82, 2.24) is 19.5 Å². The van der Waals surface area contributed by atoms with Crippen LogP contribution in [0.4, 0.5) is 5.82 Å². The van der Waals surface area contributed by atoms with Crippen LogP contribution in [0.1, 0.15) is 6.23 Å². The van der Waals surface area contributed by atoms with Gasteiger partial charge in [-0.2, -0.15) is 4.31 Å². The molecular weight excluding hydrogens is 638 g/mol. The Morgan fingerprint density at radius 3 is 2.25 bits per heavy atom. The Balaban J connectivity index is 1.15. The molecular formula is C21H28N6O15P2. The molecule has 0 radical (unpaired) electrons. The van der Waals surface area contributed by atoms with Crippen LogP contribution < -0.4 is 11.5 Å². The summed E-state index contributed by atoms with van der Waals surface area (Å²) in [7, 11) is -10.7. The highest BCUT2D eigenvalue weighted by molar-refractivity contribution is 7.61. The molecule has 2 fully saturated rings. The molecule has 3 aliphatic rings. The van der Waals surface area contributed by atoms with Crippen molar-refractivity contribution >= 4 is 38.5 Å². The van der Waals surface area contributed by atoms with E-state index in [1.807, 2.05) is 0 Å². The van der Waals surface area contributed by atoms with E-state index in [4.69, 9.17) is 30.2 Å². The summed E-state index contributed by atoms with van der Waals surface area (Å²) < 4.78 is 55.8. The summed E-state index contributed by atoms with van der Waals surface area (Å²) in [6.45, 7) is -1.79. The summed E-state index contributed by atoms with van der Waals surface area (Å²) in [4.78, 5) is 43.2. The number of rotatable bonds is 11. The van der Waals surface area contributed by atoms with Gasteiger partial charge in [-0.05, 0) is 12.2 Å². The summed E-state index contributed by atoms with van der Waals surface area (Å²) >= 11 is 0. The maximum absolute atomic E-state index is 12.4. The number of phosphoric acid groups is 2. The predicted octanol–water partition coefficient (Wildman–Crippen LogP) is -2.70. The van der Waals surface area contributed by atoms with E-state index in [1.165, 1.54) is 23.0 Å². The van der Waals surface area contributed by atoms with Gasteiger partial charge in [0.15, 0.2) is 23.5 Å². The van der Waals surface area contributed by atoms with Gasteiger partial charge in [0.05, 0.1) is 31.9 Å². The number of phosphoric ester groups is 2. The number of aliphatic hydroxyl groups excluding tert-OH is 4. The third-order valence-electron chi connectivity index (χ3n) is 6.87. The van der Waals surface area contributed by atoms with Crippen molar-refractivity contribution < 1.29 is 71.7 Å². The maximum atomic E-state index is 12.4. The number of carbonyl (C=O) groups is 1. The monoisotopic (exact) mass is 666 g/mol. The molecule has 0 saturated carbocycles. The van der Waals surface area contributed by atoms with Crippen LogP contribution in [0.25, 0.3) is 11.2 Å². The first kappa shape index (κ1) is 32.5. The Bertz CT molecular complexity index is 1550. The highest BCUT2D eigenvalue weighted by Gasteiger charge is 2.48. The molecule has 0 spiro atoms. The van der Waals surface area contributed by atoms with Gasteiger partial charge in [-0.1, -0.05) is 0 Å². The average Bonchev–Trinajstić information content (AvgIpc) is 3.61. The molecule has 2 aromatic rings. The fourth-order valence-corrected chi connectivity index (χ4v) is 6.81. The zero-order chi connectivity index (χ0) is 32.0. The van der Waals surface area contributed by atoms with Crippen molar-refractivity contribution in [1.29, 1.82) is 0 Å². The van der Waals surface area contributed by atoms with Gasteiger partial charge < -0.3 is 55.9 Å². The molecule has 5 rings (SSSR count). The Morgan fingerprint density at radius 1 is 0.955 bits per heavy atom. The lowest BCUT2D eigenvalue weighted by atomic mass is 9.94. The number of carbonyl (C=O) groups excluding carboxylic acids is 1. The quantitative estimate of drug-likeness (QED) is 0.113. The zero-order valence-corrected chi connectivity index (χ0v) is 24.0. The van der Waals surface area contributed by atoms with E-state index in [-0.39, 0.29) is 22.7 Å². The Kier molecular flexibility index (Phi) is 9.23. The van der Waals surface area contributed by atoms with Crippen LogP contribution in [-0.2, 0) is 41.5 Å². The molecule has 5 heterocycles. The minimum absolute atomic E-state index is 0.0492. The van der Waals surface area contributed by atoms with Gasteiger partial charge in [-0.25, -0.2) is 24.1 Å². The lowest BCUT2D eigenvalue weighted by Gasteiger charge is -2.23. The number of nitrogens with two attached hydrogens (primary N) is 2. The Morgan fingerprint density at radius 2 is 1.59 bits per heavy atom. The zero-order valence-electron chi connectivity index (χ0n) is 22.2. The van der Waals surface area contributed by atoms with Gasteiger partial charge in [-0.15, -0.1) is 0 Å². The fraction of sp³-hybridized carbons (Fsp3) is 0.524. The van der Waals surface area contributed by atoms with Crippen molar-refractivity contribution in [3.05, 3.63) is 36.8 Å². The normalized spacial score (nSPS) is 34.8. The van der Waals surface area contributed by atoms with Gasteiger partial charge in [0.1, 0.15) is 48.5 Å². The first-order chi connectivity index (χ1) is 20.7. The van der Waals surface area contributed by atoms with Crippen molar-refractivity contribution in [2.24, 2.45) is 11.7 Å². The number of primary amides is 1. The van der Waals surface area contributed by atoms with Gasteiger partial charge in [0.2, 0.25) is 0 Å². The Labute approximate surface area is 246 Å². The molecule has 21 nitrogen and oxygen atoms in total. The van der Waals surface area contributed by atoms with Crippen LogP contribution in [0.2, 0.25) is 0 Å². The van der Waals surface area contributed by atoms with E-state index >= 15 is 0 Å². The van der Waals surface area contributed by atoms with Crippen molar-refractivity contribution in [3.63, 3.8) is 0 Å². The number of aromatic nitrogens is 4. The number of hydrogen-bond acceptors (Lipinski definition) is 17. The molecule has 242 valence electrons. The third-order valence-corrected chi connectivity index (χ3v) is 9.47. The summed E-state index contributed by atoms with van der Waals surface area (Å²) in [6, 6.07) is 0. The van der Waals surface area contributed by atoms with Crippen molar-refractivity contribution in [3.8, 4) is 0 Å². The topological polar surface area (TPSA) is 324 Å². The predicted molar refractivity (Wildman–Crippen MR) is 140 cm³/mol. The van der Waals surface area contributed by atoms with Gasteiger partial charge in [-0.3, -0.25) is 18.4 Å². The largest absolute Gasteiger partial charge is 0.481 e. The fourth-order valence-electron chi connectivity index (χ4n) is 4.72. The average molecular weight is 666 g/mol. The molecule has 11 atom stereocenters. The van der Waals surface area contributed by atoms with Crippen LogP contribution in [-0.4, -0.2) is 112 Å². The number of amides is 1. The number of nitrogens with zero attached hydrogens (tertiary/aromatic N) is 4. The third kappa shape index (κ3) is 6.70. The Hall–Kier alpha value is -2.88. The lowest BCUT2D eigenvalue weighted by Crippen LogP contribution is -2.36. The standard InChI is InChI=1S/C21H28N6O15P2/c22-18-12-20(25-6-24-18)27(7-26-12)21-16(31)14(29)11(41-21)5-39-44(35,36)42-43(33,34)38-4-10-13(28)15(30)17(40-10)8-1-2-37-9(3-8)19(23)32/h1-3,6-8,10-11,13-17,21,28-31H,4-5H2,(H2,23,32)(H,33,34)(H,35,36)(H2,22,24,25)/t8?,10-,11+,13-,14+,15-,16+,17+,21+/m0/s1. The van der Waals surface area contributed by atoms with Crippen molar-refractivity contribution in [2.45, 2.75) is 49.0 Å². The smallest absolute Gasteiger partial charge is 0.460 e. The van der Waals surface area contributed by atoms with Crippen LogP contribution in [0.15, 0.2) is 36.8 Å².